The molecular formula is C11H18BrNO2. The van der Waals surface area contributed by atoms with Crippen LogP contribution in [0.25, 0.3) is 0 Å². The summed E-state index contributed by atoms with van der Waals surface area (Å²) in [5, 5.41) is 3.39. The number of nitrogens with one attached hydrogen (secondary N) is 1. The van der Waals surface area contributed by atoms with E-state index in [0.717, 1.165) is 23.2 Å². The van der Waals surface area contributed by atoms with E-state index in [1.165, 1.54) is 0 Å². The van der Waals surface area contributed by atoms with E-state index in [9.17, 15) is 0 Å². The Balaban J connectivity index is 2.69. The molecule has 0 fully saturated rings. The zero-order chi connectivity index (χ0) is 11.3. The number of furan rings is 1. The lowest BCUT2D eigenvalue weighted by atomic mass is 10.1. The van der Waals surface area contributed by atoms with Gasteiger partial charge < -0.3 is 14.5 Å². The summed E-state index contributed by atoms with van der Waals surface area (Å²) in [6.07, 6.45) is 2.81. The van der Waals surface area contributed by atoms with Crippen molar-refractivity contribution in [1.82, 2.24) is 5.32 Å². The van der Waals surface area contributed by atoms with Gasteiger partial charge in [0.25, 0.3) is 0 Å². The maximum absolute atomic E-state index is 5.46. The van der Waals surface area contributed by atoms with Crippen molar-refractivity contribution >= 4 is 15.9 Å². The fraction of sp³-hybridized carbons (Fsp3) is 0.636. The SMILES string of the molecule is CCNC(CC(C)OC)c1occc1Br. The molecule has 0 aliphatic carbocycles. The van der Waals surface area contributed by atoms with E-state index in [1.54, 1.807) is 13.4 Å². The van der Waals surface area contributed by atoms with E-state index in [-0.39, 0.29) is 12.1 Å². The minimum Gasteiger partial charge on any atom is -0.466 e. The third-order valence-electron chi connectivity index (χ3n) is 2.38. The number of ether oxygens (including phenoxy) is 1. The Bertz CT molecular complexity index is 288. The van der Waals surface area contributed by atoms with Gasteiger partial charge in [0.15, 0.2) is 0 Å². The van der Waals surface area contributed by atoms with Gasteiger partial charge in [-0.25, -0.2) is 0 Å². The molecule has 15 heavy (non-hydrogen) atoms. The smallest absolute Gasteiger partial charge is 0.134 e. The van der Waals surface area contributed by atoms with Crippen molar-refractivity contribution in [2.24, 2.45) is 0 Å². The molecule has 2 unspecified atom stereocenters. The first-order valence-electron chi connectivity index (χ1n) is 5.18. The van der Waals surface area contributed by atoms with Crippen LogP contribution in [0.1, 0.15) is 32.1 Å². The summed E-state index contributed by atoms with van der Waals surface area (Å²) in [5.74, 6) is 0.945. The molecular weight excluding hydrogens is 258 g/mol. The fourth-order valence-electron chi connectivity index (χ4n) is 1.51. The normalized spacial score (nSPS) is 15.2. The molecule has 3 nitrogen and oxygen atoms in total. The zero-order valence-corrected chi connectivity index (χ0v) is 11.0. The average Bonchev–Trinajstić information content (AvgIpc) is 2.63. The van der Waals surface area contributed by atoms with E-state index in [4.69, 9.17) is 9.15 Å². The maximum atomic E-state index is 5.46. The number of methoxy groups -OCH3 is 1. The van der Waals surface area contributed by atoms with Gasteiger partial charge in [0.1, 0.15) is 5.76 Å². The van der Waals surface area contributed by atoms with E-state index < -0.39 is 0 Å². The topological polar surface area (TPSA) is 34.4 Å². The molecule has 0 spiro atoms. The first kappa shape index (κ1) is 12.7. The molecule has 1 rings (SSSR count). The summed E-state index contributed by atoms with van der Waals surface area (Å²) in [6, 6.07) is 2.12. The first-order chi connectivity index (χ1) is 7.19. The van der Waals surface area contributed by atoms with Crippen molar-refractivity contribution in [2.75, 3.05) is 13.7 Å². The Morgan fingerprint density at radius 3 is 2.80 bits per heavy atom. The summed E-state index contributed by atoms with van der Waals surface area (Å²) in [6.45, 7) is 5.05. The molecule has 1 aromatic heterocycles. The summed E-state index contributed by atoms with van der Waals surface area (Å²) in [7, 11) is 1.73. The van der Waals surface area contributed by atoms with E-state index in [2.05, 4.69) is 35.1 Å². The maximum Gasteiger partial charge on any atom is 0.134 e. The summed E-state index contributed by atoms with van der Waals surface area (Å²) >= 11 is 3.47. The van der Waals surface area contributed by atoms with Crippen molar-refractivity contribution < 1.29 is 9.15 Å². The summed E-state index contributed by atoms with van der Waals surface area (Å²) in [4.78, 5) is 0. The van der Waals surface area contributed by atoms with Crippen molar-refractivity contribution in [3.8, 4) is 0 Å². The van der Waals surface area contributed by atoms with Crippen molar-refractivity contribution in [1.29, 1.82) is 0 Å². The van der Waals surface area contributed by atoms with Gasteiger partial charge in [-0.05, 0) is 41.9 Å². The van der Waals surface area contributed by atoms with Gasteiger partial charge in [-0.3, -0.25) is 0 Å². The second-order valence-corrected chi connectivity index (χ2v) is 4.38. The van der Waals surface area contributed by atoms with E-state index in [0.29, 0.717) is 0 Å². The van der Waals surface area contributed by atoms with Crippen molar-refractivity contribution in [3.63, 3.8) is 0 Å². The molecule has 0 bridgehead atoms. The minimum atomic E-state index is 0.203. The third kappa shape index (κ3) is 3.63. The highest BCUT2D eigenvalue weighted by molar-refractivity contribution is 9.10. The summed E-state index contributed by atoms with van der Waals surface area (Å²) in [5.41, 5.74) is 0. The predicted molar refractivity (Wildman–Crippen MR) is 63.9 cm³/mol. The van der Waals surface area contributed by atoms with Gasteiger partial charge in [-0.2, -0.15) is 0 Å². The molecule has 4 heteroatoms. The Labute approximate surface area is 99.3 Å². The van der Waals surface area contributed by atoms with Gasteiger partial charge in [0.05, 0.1) is 22.9 Å². The molecule has 1 N–H and O–H groups in total. The zero-order valence-electron chi connectivity index (χ0n) is 9.42. The lowest BCUT2D eigenvalue weighted by Gasteiger charge is -2.19. The number of halogens is 1. The van der Waals surface area contributed by atoms with Gasteiger partial charge in [-0.1, -0.05) is 6.92 Å². The van der Waals surface area contributed by atoms with Gasteiger partial charge >= 0.3 is 0 Å². The molecule has 0 aliphatic rings. The van der Waals surface area contributed by atoms with Crippen molar-refractivity contribution in [3.05, 3.63) is 22.6 Å². The lowest BCUT2D eigenvalue weighted by molar-refractivity contribution is 0.0976. The molecule has 0 amide bonds. The number of rotatable bonds is 6. The van der Waals surface area contributed by atoms with Crippen LogP contribution in [0.15, 0.2) is 21.2 Å². The second kappa shape index (κ2) is 6.30. The molecule has 1 aromatic rings. The van der Waals surface area contributed by atoms with Crippen LogP contribution >= 0.6 is 15.9 Å². The third-order valence-corrected chi connectivity index (χ3v) is 3.04. The molecule has 86 valence electrons. The molecule has 0 radical (unpaired) electrons. The van der Waals surface area contributed by atoms with Crippen LogP contribution in [0.2, 0.25) is 0 Å². The largest absolute Gasteiger partial charge is 0.466 e. The van der Waals surface area contributed by atoms with Gasteiger partial charge in [0.2, 0.25) is 0 Å². The van der Waals surface area contributed by atoms with Crippen LogP contribution in [0.4, 0.5) is 0 Å². The van der Waals surface area contributed by atoms with Crippen LogP contribution in [0.3, 0.4) is 0 Å². The summed E-state index contributed by atoms with van der Waals surface area (Å²) < 4.78 is 11.7. The molecule has 0 saturated carbocycles. The molecule has 0 saturated heterocycles. The highest BCUT2D eigenvalue weighted by atomic mass is 79.9. The molecule has 0 aliphatic heterocycles. The highest BCUT2D eigenvalue weighted by Gasteiger charge is 2.19. The Kier molecular flexibility index (Phi) is 5.36. The van der Waals surface area contributed by atoms with Crippen LogP contribution in [-0.4, -0.2) is 19.8 Å². The first-order valence-corrected chi connectivity index (χ1v) is 5.97. The monoisotopic (exact) mass is 275 g/mol. The Morgan fingerprint density at radius 2 is 2.33 bits per heavy atom. The van der Waals surface area contributed by atoms with Crippen LogP contribution in [0.5, 0.6) is 0 Å². The Morgan fingerprint density at radius 1 is 1.60 bits per heavy atom. The number of hydrogen-bond donors (Lipinski definition) is 1. The Hall–Kier alpha value is -0.320. The van der Waals surface area contributed by atoms with E-state index in [1.807, 2.05) is 6.07 Å². The average molecular weight is 276 g/mol. The van der Waals surface area contributed by atoms with Crippen LogP contribution in [0, 0.1) is 0 Å². The van der Waals surface area contributed by atoms with Crippen LogP contribution < -0.4 is 5.32 Å². The predicted octanol–water partition coefficient (Wildman–Crippen LogP) is 3.12. The highest BCUT2D eigenvalue weighted by Crippen LogP contribution is 2.27. The van der Waals surface area contributed by atoms with Gasteiger partial charge in [-0.15, -0.1) is 0 Å². The quantitative estimate of drug-likeness (QED) is 0.866. The van der Waals surface area contributed by atoms with Crippen molar-refractivity contribution in [2.45, 2.75) is 32.4 Å². The molecule has 1 heterocycles. The lowest BCUT2D eigenvalue weighted by Crippen LogP contribution is -2.25. The van der Waals surface area contributed by atoms with Gasteiger partial charge in [0, 0.05) is 7.11 Å². The minimum absolute atomic E-state index is 0.203. The fourth-order valence-corrected chi connectivity index (χ4v) is 1.99. The van der Waals surface area contributed by atoms with Crippen LogP contribution in [-0.2, 0) is 4.74 Å². The second-order valence-electron chi connectivity index (χ2n) is 3.53. The van der Waals surface area contributed by atoms with E-state index >= 15 is 0 Å². The molecule has 0 aromatic carbocycles. The number of hydrogen-bond acceptors (Lipinski definition) is 3. The molecule has 2 atom stereocenters. The standard InChI is InChI=1S/C11H18BrNO2/c1-4-13-10(7-8(2)14-3)11-9(12)5-6-15-11/h5-6,8,10,13H,4,7H2,1-3H3.